The van der Waals surface area contributed by atoms with Crippen molar-refractivity contribution in [3.05, 3.63) is 88.0 Å². The molecule has 0 unspecified atom stereocenters. The molecule has 2 amide bonds. The Bertz CT molecular complexity index is 1400. The SMILES string of the molecule is CCN(Cc1ccccc1)C(=O)c1csc(C2CCN(C(=O)c3cc(OC)c4ccccc4n3)CC2)n1. The zero-order valence-corrected chi connectivity index (χ0v) is 21.9. The van der Waals surface area contributed by atoms with Crippen LogP contribution < -0.4 is 4.74 Å². The van der Waals surface area contributed by atoms with Gasteiger partial charge in [0.25, 0.3) is 11.8 Å². The molecule has 1 fully saturated rings. The average Bonchev–Trinajstić information content (AvgIpc) is 3.45. The summed E-state index contributed by atoms with van der Waals surface area (Å²) in [7, 11) is 1.61. The Morgan fingerprint density at radius 2 is 1.76 bits per heavy atom. The molecule has 4 aromatic rings. The molecular weight excluding hydrogens is 484 g/mol. The molecule has 7 nitrogen and oxygen atoms in total. The van der Waals surface area contributed by atoms with Crippen molar-refractivity contribution in [2.24, 2.45) is 0 Å². The number of carbonyl (C=O) groups excluding carboxylic acids is 2. The van der Waals surface area contributed by atoms with Gasteiger partial charge >= 0.3 is 0 Å². The van der Waals surface area contributed by atoms with Gasteiger partial charge in [0, 0.05) is 48.9 Å². The van der Waals surface area contributed by atoms with Gasteiger partial charge in [-0.1, -0.05) is 42.5 Å². The number of aromatic nitrogens is 2. The summed E-state index contributed by atoms with van der Waals surface area (Å²) in [6.45, 7) is 4.42. The maximum absolute atomic E-state index is 13.3. The fraction of sp³-hybridized carbons (Fsp3) is 0.310. The molecule has 0 aliphatic carbocycles. The van der Waals surface area contributed by atoms with Crippen LogP contribution in [0.4, 0.5) is 0 Å². The third-order valence-corrected chi connectivity index (χ3v) is 7.88. The highest BCUT2D eigenvalue weighted by molar-refractivity contribution is 7.09. The second-order valence-electron chi connectivity index (χ2n) is 9.17. The number of methoxy groups -OCH3 is 1. The van der Waals surface area contributed by atoms with Crippen LogP contribution >= 0.6 is 11.3 Å². The van der Waals surface area contributed by atoms with Crippen LogP contribution in [0, 0.1) is 0 Å². The standard InChI is InChI=1S/C29H30N4O3S/c1-3-32(18-20-9-5-4-6-10-20)29(35)25-19-37-27(31-25)21-13-15-33(16-14-21)28(34)24-17-26(36-2)22-11-7-8-12-23(22)30-24/h4-12,17,19,21H,3,13-16,18H2,1-2H3. The fourth-order valence-corrected chi connectivity index (χ4v) is 5.74. The molecule has 0 radical (unpaired) electrons. The van der Waals surface area contributed by atoms with Crippen molar-refractivity contribution in [2.45, 2.75) is 32.2 Å². The van der Waals surface area contributed by atoms with Gasteiger partial charge in [-0.05, 0) is 37.5 Å². The molecule has 8 heteroatoms. The first-order valence-electron chi connectivity index (χ1n) is 12.6. The number of piperidine rings is 1. The van der Waals surface area contributed by atoms with Gasteiger partial charge < -0.3 is 14.5 Å². The van der Waals surface area contributed by atoms with Crippen molar-refractivity contribution >= 4 is 34.1 Å². The number of nitrogens with zero attached hydrogens (tertiary/aromatic N) is 4. The smallest absolute Gasteiger partial charge is 0.273 e. The fourth-order valence-electron chi connectivity index (χ4n) is 4.78. The first-order valence-corrected chi connectivity index (χ1v) is 13.5. The van der Waals surface area contributed by atoms with Gasteiger partial charge in [0.05, 0.1) is 17.6 Å². The molecule has 190 valence electrons. The normalized spacial score (nSPS) is 14.1. The highest BCUT2D eigenvalue weighted by atomic mass is 32.1. The average molecular weight is 515 g/mol. The van der Waals surface area contributed by atoms with Gasteiger partial charge in [0.2, 0.25) is 0 Å². The zero-order chi connectivity index (χ0) is 25.8. The maximum Gasteiger partial charge on any atom is 0.273 e. The second-order valence-corrected chi connectivity index (χ2v) is 10.1. The summed E-state index contributed by atoms with van der Waals surface area (Å²) < 4.78 is 5.51. The Hall–Kier alpha value is -3.78. The van der Waals surface area contributed by atoms with E-state index < -0.39 is 0 Å². The van der Waals surface area contributed by atoms with Crippen LogP contribution in [0.1, 0.15) is 57.2 Å². The number of fused-ring (bicyclic) bond motifs is 1. The predicted molar refractivity (Wildman–Crippen MR) is 145 cm³/mol. The highest BCUT2D eigenvalue weighted by Gasteiger charge is 2.28. The second kappa shape index (κ2) is 11.1. The summed E-state index contributed by atoms with van der Waals surface area (Å²) in [4.78, 5) is 39.4. The van der Waals surface area contributed by atoms with E-state index in [1.165, 1.54) is 0 Å². The molecule has 1 aliphatic rings. The minimum atomic E-state index is -0.0861. The summed E-state index contributed by atoms with van der Waals surface area (Å²) in [5.41, 5.74) is 2.75. The predicted octanol–water partition coefficient (Wildman–Crippen LogP) is 5.38. The number of amides is 2. The lowest BCUT2D eigenvalue weighted by molar-refractivity contribution is 0.0707. The number of rotatable bonds is 7. The van der Waals surface area contributed by atoms with E-state index >= 15 is 0 Å². The van der Waals surface area contributed by atoms with E-state index in [4.69, 9.17) is 9.72 Å². The van der Waals surface area contributed by atoms with Crippen LogP contribution in [0.15, 0.2) is 66.0 Å². The Kier molecular flexibility index (Phi) is 7.46. The number of para-hydroxylation sites is 1. The summed E-state index contributed by atoms with van der Waals surface area (Å²) in [6.07, 6.45) is 1.61. The van der Waals surface area contributed by atoms with Crippen molar-refractivity contribution in [1.82, 2.24) is 19.8 Å². The Morgan fingerprint density at radius 3 is 2.49 bits per heavy atom. The summed E-state index contributed by atoms with van der Waals surface area (Å²) in [6, 6.07) is 19.4. The maximum atomic E-state index is 13.3. The zero-order valence-electron chi connectivity index (χ0n) is 21.1. The molecule has 0 saturated carbocycles. The quantitative estimate of drug-likeness (QED) is 0.331. The third-order valence-electron chi connectivity index (χ3n) is 6.87. The monoisotopic (exact) mass is 514 g/mol. The van der Waals surface area contributed by atoms with Crippen LogP contribution in [-0.4, -0.2) is 58.3 Å². The highest BCUT2D eigenvalue weighted by Crippen LogP contribution is 2.32. The number of likely N-dealkylation sites (tertiary alicyclic amines) is 1. The lowest BCUT2D eigenvalue weighted by atomic mass is 9.97. The first-order chi connectivity index (χ1) is 18.1. The minimum absolute atomic E-state index is 0.0437. The molecule has 0 bridgehead atoms. The van der Waals surface area contributed by atoms with Crippen molar-refractivity contribution in [3.8, 4) is 5.75 Å². The number of carbonyl (C=O) groups is 2. The van der Waals surface area contributed by atoms with E-state index in [1.54, 1.807) is 24.5 Å². The van der Waals surface area contributed by atoms with E-state index in [0.717, 1.165) is 34.3 Å². The van der Waals surface area contributed by atoms with Gasteiger partial charge in [0.1, 0.15) is 17.1 Å². The van der Waals surface area contributed by atoms with Gasteiger partial charge in [-0.3, -0.25) is 9.59 Å². The first kappa shape index (κ1) is 24.9. The van der Waals surface area contributed by atoms with E-state index in [-0.39, 0.29) is 17.7 Å². The van der Waals surface area contributed by atoms with Crippen LogP contribution in [0.5, 0.6) is 5.75 Å². The molecule has 1 aliphatic heterocycles. The summed E-state index contributed by atoms with van der Waals surface area (Å²) in [5.74, 6) is 0.755. The van der Waals surface area contributed by atoms with Gasteiger partial charge in [-0.2, -0.15) is 0 Å². The number of thiazole rings is 1. The molecular formula is C29H30N4O3S. The molecule has 2 aromatic carbocycles. The van der Waals surface area contributed by atoms with Crippen LogP contribution in [-0.2, 0) is 6.54 Å². The number of ether oxygens (including phenoxy) is 1. The Balaban J connectivity index is 1.23. The molecule has 0 atom stereocenters. The van der Waals surface area contributed by atoms with Crippen LogP contribution in [0.3, 0.4) is 0 Å². The van der Waals surface area contributed by atoms with Gasteiger partial charge in [-0.25, -0.2) is 9.97 Å². The molecule has 37 heavy (non-hydrogen) atoms. The summed E-state index contributed by atoms with van der Waals surface area (Å²) >= 11 is 1.54. The summed E-state index contributed by atoms with van der Waals surface area (Å²) in [5, 5.41) is 3.73. The van der Waals surface area contributed by atoms with Crippen molar-refractivity contribution in [3.63, 3.8) is 0 Å². The molecule has 0 N–H and O–H groups in total. The third kappa shape index (κ3) is 5.34. The molecule has 1 saturated heterocycles. The Morgan fingerprint density at radius 1 is 1.03 bits per heavy atom. The van der Waals surface area contributed by atoms with E-state index in [2.05, 4.69) is 4.98 Å². The Labute approximate surface area is 220 Å². The van der Waals surface area contributed by atoms with E-state index in [9.17, 15) is 9.59 Å². The van der Waals surface area contributed by atoms with E-state index in [1.807, 2.05) is 76.7 Å². The van der Waals surface area contributed by atoms with Crippen LogP contribution in [0.2, 0.25) is 0 Å². The van der Waals surface area contributed by atoms with Gasteiger partial charge in [-0.15, -0.1) is 11.3 Å². The number of benzene rings is 2. The van der Waals surface area contributed by atoms with Crippen molar-refractivity contribution in [1.29, 1.82) is 0 Å². The number of hydrogen-bond donors (Lipinski definition) is 0. The molecule has 5 rings (SSSR count). The largest absolute Gasteiger partial charge is 0.496 e. The van der Waals surface area contributed by atoms with Crippen LogP contribution in [0.25, 0.3) is 10.9 Å². The lowest BCUT2D eigenvalue weighted by Crippen LogP contribution is -2.38. The molecule has 2 aromatic heterocycles. The topological polar surface area (TPSA) is 75.6 Å². The van der Waals surface area contributed by atoms with Gasteiger partial charge in [0.15, 0.2) is 0 Å². The van der Waals surface area contributed by atoms with Crippen molar-refractivity contribution < 1.29 is 14.3 Å². The lowest BCUT2D eigenvalue weighted by Gasteiger charge is -2.31. The van der Waals surface area contributed by atoms with Crippen molar-refractivity contribution in [2.75, 3.05) is 26.7 Å². The van der Waals surface area contributed by atoms with E-state index in [0.29, 0.717) is 43.3 Å². The minimum Gasteiger partial charge on any atom is -0.496 e. The number of pyridine rings is 1. The molecule has 3 heterocycles. The number of hydrogen-bond acceptors (Lipinski definition) is 6. The molecule has 0 spiro atoms.